The van der Waals surface area contributed by atoms with Crippen LogP contribution in [0, 0.1) is 5.41 Å². The third kappa shape index (κ3) is 22.7. The maximum atomic E-state index is 13.7. The van der Waals surface area contributed by atoms with Gasteiger partial charge in [-0.2, -0.15) is 0 Å². The number of hydrogen-bond acceptors (Lipinski definition) is 43. The molecular formula is C17H68O43Si42. The molecule has 102 heavy (non-hydrogen) atoms. The van der Waals surface area contributed by atoms with E-state index in [0.717, 1.165) is 26.2 Å². The summed E-state index contributed by atoms with van der Waals surface area (Å²) in [7, 11) is -108. The Balaban J connectivity index is 14.2. The van der Waals surface area contributed by atoms with Crippen molar-refractivity contribution in [1.82, 2.24) is 0 Å². The summed E-state index contributed by atoms with van der Waals surface area (Å²) in [4.78, 5) is 337. The molecule has 0 aromatic rings. The number of ether oxygens (including phenoxy) is 1. The minimum absolute atomic E-state index is 0.0597. The van der Waals surface area contributed by atoms with Crippen molar-refractivity contribution in [2.45, 2.75) is 92.0 Å². The average molecular weight is 2140 g/mol. The topological polar surface area (TPSA) is 691 Å². The summed E-state index contributed by atoms with van der Waals surface area (Å²) >= 11 is 0. The zero-order valence-corrected chi connectivity index (χ0v) is 96.6. The fourth-order valence-corrected chi connectivity index (χ4v) is 537. The molecule has 50 radical (unpaired) electrons. The van der Waals surface area contributed by atoms with Crippen LogP contribution < -0.4 is 0 Å². The van der Waals surface area contributed by atoms with Gasteiger partial charge in [-0.15, -0.1) is 0 Å². The van der Waals surface area contributed by atoms with Crippen LogP contribution in [0.4, 0.5) is 0 Å². The highest BCUT2D eigenvalue weighted by molar-refractivity contribution is 8.24. The molecule has 0 aromatic carbocycles. The first-order chi connectivity index (χ1) is 47.7. The zero-order valence-electron chi connectivity index (χ0n) is 54.5. The number of carbonyl (C=O) groups is 1. The SMILES string of the molecule is CCC(C)(C)C(=O)OCCC[Si](C)(C)O[SiH](C)O[Si](O[Si](O[Si](O[Si](C)C)([Si]O)[Si]O)([Si](O[Si]O)([Si]O)[Si]O)[Si](O[Si]O)([Si]O)[Si]O)([Si](O[Si](O[Si]O)([Si]O)[Si]O)([Si](O[Si]O)([Si]O)[Si]O)[Si](O[Si]O)([Si]O)[Si]O)[Si](O[Si](O[Si]O)([Si]O)[Si](C)(C)O)([Si](O[Si]O)([Si]O)[Si]O)[Si](O[Si]O)([Si]O)[Si](C)O. The molecule has 0 saturated heterocycles. The fraction of sp³-hybridized carbons (Fsp3) is 0.941. The zero-order chi connectivity index (χ0) is 79.4. The Kier molecular flexibility index (Phi) is 52.2. The van der Waals surface area contributed by atoms with E-state index in [0.29, 0.717) is 6.42 Å². The number of hydrogen-bond donors (Lipinski definition) is 26. The van der Waals surface area contributed by atoms with E-state index in [4.69, 9.17) is 66.5 Å². The standard InChI is InChI=1S/C17H68O43Si42/c1-12-17(2,3)16(18)45-14-13-15-88(8,9)55-87(7)56-93(101(97(78-36,79-37)50-65-23,98(80-38,81-39)51-66-24)58-90(69-27,70-28)46-61-19,60-94(95(74-32,75-33)48-63-21,96(76-34,77-35)49-64-22)57-91(71-29,72-30)54-85(4)5)102(99(82-40,83-41)52-67-25,100(84-42,53-68-26)86(6)43)59-92(73-31,47-62-20)89(10,11)44/h19-44,87H,12-15H2,1-11H3. The molecule has 0 aliphatic heterocycles. The highest BCUT2D eigenvalue weighted by atomic mass is 30.5. The van der Waals surface area contributed by atoms with E-state index in [9.17, 15) is 129 Å². The number of carbonyl (C=O) groups excluding carboxylic acids is 1. The number of esters is 1. The maximum Gasteiger partial charge on any atom is 0.420 e. The molecule has 0 amide bonds. The first-order valence-corrected chi connectivity index (χ1v) is 112. The van der Waals surface area contributed by atoms with E-state index in [1.807, 2.05) is 0 Å². The molecule has 0 spiro atoms. The Labute approximate surface area is 663 Å². The van der Waals surface area contributed by atoms with Gasteiger partial charge in [-0.25, -0.2) is 0 Å². The highest BCUT2D eigenvalue weighted by Gasteiger charge is 3.01. The Morgan fingerprint density at radius 1 is 0.431 bits per heavy atom. The average Bonchev–Trinajstić information content (AvgIpc) is 0.638. The lowest BCUT2D eigenvalue weighted by molar-refractivity contribution is -0.154. The van der Waals surface area contributed by atoms with Crippen molar-refractivity contribution in [2.24, 2.45) is 5.41 Å². The van der Waals surface area contributed by atoms with Crippen LogP contribution in [0.1, 0.15) is 33.6 Å². The molecular weight excluding hydrogens is 2070 g/mol. The van der Waals surface area contributed by atoms with Crippen molar-refractivity contribution in [1.29, 1.82) is 0 Å². The van der Waals surface area contributed by atoms with Crippen molar-refractivity contribution in [3.8, 4) is 0 Å². The molecule has 43 nitrogen and oxygen atoms in total. The Hall–Kier alpha value is 6.94. The molecule has 85 heteroatoms. The van der Waals surface area contributed by atoms with E-state index in [-0.39, 0.29) is 19.1 Å². The van der Waals surface area contributed by atoms with Crippen LogP contribution in [0.15, 0.2) is 0 Å². The van der Waals surface area contributed by atoms with Crippen molar-refractivity contribution in [3.05, 3.63) is 0 Å². The summed E-state index contributed by atoms with van der Waals surface area (Å²) in [6, 6.07) is -0.116. The van der Waals surface area contributed by atoms with E-state index in [1.165, 1.54) is 26.2 Å². The summed E-state index contributed by atoms with van der Waals surface area (Å²) in [5.74, 6) is -0.621. The van der Waals surface area contributed by atoms with Crippen LogP contribution >= 0.6 is 0 Å². The summed E-state index contributed by atoms with van der Waals surface area (Å²) in [6.07, 6.45) is 0.279. The molecule has 0 saturated carbocycles. The highest BCUT2D eigenvalue weighted by Crippen LogP contribution is 2.54. The molecule has 5 atom stereocenters. The van der Waals surface area contributed by atoms with Crippen molar-refractivity contribution in [2.75, 3.05) is 6.61 Å². The molecule has 0 rings (SSSR count). The molecule has 26 N–H and O–H groups in total. The van der Waals surface area contributed by atoms with Crippen LogP contribution in [0.25, 0.3) is 0 Å². The lowest BCUT2D eigenvalue weighted by Crippen LogP contribution is -3.14. The molecule has 0 aliphatic carbocycles. The van der Waals surface area contributed by atoms with Crippen LogP contribution in [-0.4, -0.2) is 502 Å². The lowest BCUT2D eigenvalue weighted by Gasteiger charge is -2.70. The monoisotopic (exact) mass is 2140 g/mol. The quantitative estimate of drug-likeness (QED) is 0.0153. The second kappa shape index (κ2) is 48.9. The van der Waals surface area contributed by atoms with Crippen LogP contribution in [0.2, 0.25) is 58.4 Å². The maximum absolute atomic E-state index is 13.7. The van der Waals surface area contributed by atoms with Gasteiger partial charge in [0.2, 0.25) is 146 Å². The van der Waals surface area contributed by atoms with Crippen LogP contribution in [0.3, 0.4) is 0 Å². The molecule has 0 heterocycles. The van der Waals surface area contributed by atoms with Gasteiger partial charge in [0.1, 0.15) is 0 Å². The summed E-state index contributed by atoms with van der Waals surface area (Å²) in [5.41, 5.74) is -0.988. The molecule has 0 bridgehead atoms. The molecule has 5 unspecified atom stereocenters. The van der Waals surface area contributed by atoms with Gasteiger partial charge in [0.25, 0.3) is 83.2 Å². The Morgan fingerprint density at radius 3 is 1.11 bits per heavy atom. The third-order valence-electron chi connectivity index (χ3n) is 14.1. The van der Waals surface area contributed by atoms with Gasteiger partial charge in [0.05, 0.1) is 12.0 Å². The largest absolute Gasteiger partial charge is 0.465 e. The summed E-state index contributed by atoms with van der Waals surface area (Å²) in [6.45, 7) is -40.4. The minimum Gasteiger partial charge on any atom is -0.465 e. The normalized spacial score (nSPS) is 16.9. The smallest absolute Gasteiger partial charge is 0.420 e. The first-order valence-electron chi connectivity index (χ1n) is 26.9. The second-order valence-corrected chi connectivity index (χ2v) is 198. The summed E-state index contributed by atoms with van der Waals surface area (Å²) < 4.78 is 109. The predicted octanol–water partition coefficient (Wildman–Crippen LogP) is -24.8. The van der Waals surface area contributed by atoms with Gasteiger partial charge in [0, 0.05) is 0 Å². The van der Waals surface area contributed by atoms with Gasteiger partial charge in [0.15, 0.2) is 17.4 Å². The van der Waals surface area contributed by atoms with Gasteiger partial charge in [-0.1, -0.05) is 6.92 Å². The van der Waals surface area contributed by atoms with E-state index < -0.39 is 376 Å². The lowest BCUT2D eigenvalue weighted by atomic mass is 9.91. The van der Waals surface area contributed by atoms with Gasteiger partial charge in [-0.3, -0.25) is 4.79 Å². The van der Waals surface area contributed by atoms with E-state index >= 15 is 0 Å². The molecule has 0 fully saturated rings. The predicted molar refractivity (Wildman–Crippen MR) is 408 cm³/mol. The van der Waals surface area contributed by atoms with Crippen LogP contribution in [-0.2, 0) is 71.3 Å². The van der Waals surface area contributed by atoms with Gasteiger partial charge >= 0.3 is 124 Å². The molecule has 562 valence electrons. The Bertz CT molecular complexity index is 2290. The first kappa shape index (κ1) is 109. The van der Waals surface area contributed by atoms with Crippen molar-refractivity contribution >= 4 is 370 Å². The van der Waals surface area contributed by atoms with Crippen molar-refractivity contribution < 1.29 is 196 Å². The summed E-state index contributed by atoms with van der Waals surface area (Å²) in [5, 5.41) is 0. The Morgan fingerprint density at radius 2 is 0.804 bits per heavy atom. The molecule has 0 aliphatic rings. The third-order valence-corrected chi connectivity index (χ3v) is 329. The molecule has 0 aromatic heterocycles. The number of rotatable bonds is 62. The van der Waals surface area contributed by atoms with E-state index in [2.05, 4.69) is 0 Å². The van der Waals surface area contributed by atoms with Gasteiger partial charge in [-0.05, 0) is 85.1 Å². The second-order valence-electron chi connectivity index (χ2n) is 21.5. The van der Waals surface area contributed by atoms with Gasteiger partial charge < -0.3 is 191 Å². The van der Waals surface area contributed by atoms with Crippen LogP contribution in [0.5, 0.6) is 0 Å². The van der Waals surface area contributed by atoms with E-state index in [1.54, 1.807) is 20.8 Å². The minimum atomic E-state index is -8.28. The van der Waals surface area contributed by atoms with Crippen molar-refractivity contribution in [3.63, 3.8) is 0 Å². The fourth-order valence-electron chi connectivity index (χ4n) is 9.19.